The maximum Gasteiger partial charge on any atom is 0.238 e. The molecule has 1 amide bonds. The summed E-state index contributed by atoms with van der Waals surface area (Å²) in [5.41, 5.74) is 2.48. The molecule has 0 N–H and O–H groups in total. The molecule has 0 bridgehead atoms. The predicted octanol–water partition coefficient (Wildman–Crippen LogP) is 3.22. The van der Waals surface area contributed by atoms with E-state index in [0.717, 1.165) is 29.9 Å². The van der Waals surface area contributed by atoms with Gasteiger partial charge in [0.05, 0.1) is 6.04 Å². The zero-order chi connectivity index (χ0) is 17.3. The molecular weight excluding hydrogens is 329 g/mol. The first-order valence-corrected chi connectivity index (χ1v) is 8.65. The Morgan fingerprint density at radius 1 is 1.46 bits per heavy atom. The summed E-state index contributed by atoms with van der Waals surface area (Å²) < 4.78 is 16.3. The fourth-order valence-electron chi connectivity index (χ4n) is 3.35. The Kier molecular flexibility index (Phi) is 4.90. The van der Waals surface area contributed by atoms with Crippen LogP contribution < -0.4 is 0 Å². The molecule has 3 rings (SSSR count). The van der Waals surface area contributed by atoms with Crippen LogP contribution in [0.4, 0.5) is 4.39 Å². The second kappa shape index (κ2) is 6.93. The summed E-state index contributed by atoms with van der Waals surface area (Å²) in [6, 6.07) is 4.98. The van der Waals surface area contributed by atoms with Gasteiger partial charge in [-0.25, -0.2) is 9.37 Å². The normalized spacial score (nSPS) is 16.8. The van der Waals surface area contributed by atoms with E-state index in [1.165, 1.54) is 6.07 Å². The molecule has 0 saturated heterocycles. The molecule has 1 aliphatic rings. The Morgan fingerprint density at radius 3 is 2.96 bits per heavy atom. The van der Waals surface area contributed by atoms with Gasteiger partial charge in [-0.15, -0.1) is 11.6 Å². The summed E-state index contributed by atoms with van der Waals surface area (Å²) in [6.07, 6.45) is 3.47. The number of hydrogen-bond donors (Lipinski definition) is 0. The highest BCUT2D eigenvalue weighted by Gasteiger charge is 2.29. The van der Waals surface area contributed by atoms with E-state index in [2.05, 4.69) is 9.55 Å². The number of carbonyl (C=O) groups is 1. The van der Waals surface area contributed by atoms with Gasteiger partial charge < -0.3 is 9.47 Å². The first-order chi connectivity index (χ1) is 11.5. The molecule has 0 fully saturated rings. The predicted molar refractivity (Wildman–Crippen MR) is 91.5 cm³/mol. The van der Waals surface area contributed by atoms with E-state index in [-0.39, 0.29) is 30.2 Å². The second-order valence-corrected chi connectivity index (χ2v) is 6.58. The van der Waals surface area contributed by atoms with Gasteiger partial charge in [0, 0.05) is 37.0 Å². The molecule has 4 nitrogen and oxygen atoms in total. The van der Waals surface area contributed by atoms with Crippen molar-refractivity contribution in [2.45, 2.75) is 45.8 Å². The lowest BCUT2D eigenvalue weighted by Gasteiger charge is -2.35. The Hall–Kier alpha value is -1.88. The lowest BCUT2D eigenvalue weighted by molar-refractivity contribution is -0.132. The molecule has 0 radical (unpaired) electrons. The van der Waals surface area contributed by atoms with E-state index in [1.807, 2.05) is 26.1 Å². The molecule has 2 heterocycles. The van der Waals surface area contributed by atoms with Gasteiger partial charge in [0.25, 0.3) is 0 Å². The number of alkyl halides is 1. The molecule has 6 heteroatoms. The first-order valence-electron chi connectivity index (χ1n) is 8.11. The van der Waals surface area contributed by atoms with Gasteiger partial charge in [-0.2, -0.15) is 0 Å². The van der Waals surface area contributed by atoms with Crippen LogP contribution in [0.15, 0.2) is 24.4 Å². The Morgan fingerprint density at radius 2 is 2.25 bits per heavy atom. The molecule has 1 unspecified atom stereocenters. The van der Waals surface area contributed by atoms with Crippen LogP contribution in [0.3, 0.4) is 0 Å². The molecule has 2 aromatic rings. The van der Waals surface area contributed by atoms with E-state index in [9.17, 15) is 9.18 Å². The van der Waals surface area contributed by atoms with Crippen molar-refractivity contribution in [2.24, 2.45) is 0 Å². The fraction of sp³-hybridized carbons (Fsp3) is 0.444. The maximum atomic E-state index is 14.2. The van der Waals surface area contributed by atoms with E-state index in [0.29, 0.717) is 12.1 Å². The van der Waals surface area contributed by atoms with Crippen molar-refractivity contribution in [3.8, 4) is 0 Å². The molecule has 1 atom stereocenters. The number of benzene rings is 1. The zero-order valence-corrected chi connectivity index (χ0v) is 14.7. The number of hydrogen-bond acceptors (Lipinski definition) is 2. The smallest absolute Gasteiger partial charge is 0.238 e. The number of nitrogens with zero attached hydrogens (tertiary/aromatic N) is 3. The average Bonchev–Trinajstić information content (AvgIpc) is 2.95. The minimum Gasteiger partial charge on any atom is -0.332 e. The van der Waals surface area contributed by atoms with Crippen LogP contribution in [0.2, 0.25) is 0 Å². The van der Waals surface area contributed by atoms with E-state index >= 15 is 0 Å². The van der Waals surface area contributed by atoms with Crippen molar-refractivity contribution in [1.82, 2.24) is 14.5 Å². The molecule has 0 saturated carbocycles. The highest BCUT2D eigenvalue weighted by molar-refractivity contribution is 6.27. The largest absolute Gasteiger partial charge is 0.332 e. The topological polar surface area (TPSA) is 38.1 Å². The lowest BCUT2D eigenvalue weighted by atomic mass is 10.0. The van der Waals surface area contributed by atoms with Crippen LogP contribution in [-0.4, -0.2) is 32.3 Å². The summed E-state index contributed by atoms with van der Waals surface area (Å²) in [5, 5.41) is 0. The fourth-order valence-corrected chi connectivity index (χ4v) is 3.50. The molecule has 0 aliphatic carbocycles. The second-order valence-electron chi connectivity index (χ2n) is 6.31. The monoisotopic (exact) mass is 349 g/mol. The first kappa shape index (κ1) is 17.0. The van der Waals surface area contributed by atoms with Crippen LogP contribution >= 0.6 is 11.6 Å². The molecule has 1 aromatic heterocycles. The van der Waals surface area contributed by atoms with Crippen LogP contribution in [0.25, 0.3) is 0 Å². The highest BCUT2D eigenvalue weighted by Crippen LogP contribution is 2.24. The number of halogens is 2. The number of aryl methyl sites for hydroxylation is 3. The van der Waals surface area contributed by atoms with E-state index in [1.54, 1.807) is 11.0 Å². The third-order valence-electron chi connectivity index (χ3n) is 4.79. The molecule has 1 aliphatic heterocycles. The highest BCUT2D eigenvalue weighted by atomic mass is 35.5. The number of rotatable bonds is 4. The van der Waals surface area contributed by atoms with Gasteiger partial charge in [-0.05, 0) is 31.9 Å². The van der Waals surface area contributed by atoms with Gasteiger partial charge in [0.15, 0.2) is 0 Å². The average molecular weight is 350 g/mol. The van der Waals surface area contributed by atoms with Crippen LogP contribution in [0, 0.1) is 19.7 Å². The van der Waals surface area contributed by atoms with Crippen LogP contribution in [-0.2, 0) is 24.3 Å². The quantitative estimate of drug-likeness (QED) is 0.795. The Balaban J connectivity index is 1.88. The van der Waals surface area contributed by atoms with Crippen molar-refractivity contribution >= 4 is 17.5 Å². The molecule has 1 aromatic carbocycles. The number of amides is 1. The van der Waals surface area contributed by atoms with Gasteiger partial charge in [-0.1, -0.05) is 12.1 Å². The van der Waals surface area contributed by atoms with Crippen LogP contribution in [0.1, 0.15) is 29.1 Å². The molecular formula is C18H21ClFN3O. The number of fused-ring (bicyclic) bond motifs is 1. The summed E-state index contributed by atoms with van der Waals surface area (Å²) >= 11 is 5.82. The van der Waals surface area contributed by atoms with Crippen LogP contribution in [0.5, 0.6) is 0 Å². The van der Waals surface area contributed by atoms with Crippen molar-refractivity contribution in [2.75, 3.05) is 5.88 Å². The Labute approximate surface area is 146 Å². The van der Waals surface area contributed by atoms with Gasteiger partial charge in [-0.3, -0.25) is 4.79 Å². The minimum atomic E-state index is -0.280. The number of carbonyl (C=O) groups excluding carboxylic acids is 1. The molecule has 24 heavy (non-hydrogen) atoms. The van der Waals surface area contributed by atoms with Crippen molar-refractivity contribution in [3.05, 3.63) is 52.9 Å². The Bertz CT molecular complexity index is 738. The number of aromatic nitrogens is 2. The summed E-state index contributed by atoms with van der Waals surface area (Å²) in [4.78, 5) is 18.5. The van der Waals surface area contributed by atoms with Gasteiger partial charge in [0.2, 0.25) is 5.91 Å². The standard InChI is InChI=1S/C18H21ClFN3O/c1-12-4-3-5-16(20)15(12)11-23(18(24)8-19)14-6-7-17-21-9-13(2)22(17)10-14/h3-5,9,14H,6-8,10-11H2,1-2H3. The van der Waals surface area contributed by atoms with Gasteiger partial charge >= 0.3 is 0 Å². The summed E-state index contributed by atoms with van der Waals surface area (Å²) in [6.45, 7) is 4.80. The minimum absolute atomic E-state index is 0.00402. The summed E-state index contributed by atoms with van der Waals surface area (Å²) in [5.74, 6) is 0.507. The zero-order valence-electron chi connectivity index (χ0n) is 13.9. The molecule has 128 valence electrons. The van der Waals surface area contributed by atoms with Gasteiger partial charge in [0.1, 0.15) is 17.5 Å². The van der Waals surface area contributed by atoms with Crippen molar-refractivity contribution < 1.29 is 9.18 Å². The van der Waals surface area contributed by atoms with Crippen molar-refractivity contribution in [3.63, 3.8) is 0 Å². The SMILES string of the molecule is Cc1cccc(F)c1CN(C(=O)CCl)C1CCc2ncc(C)n2C1. The maximum absolute atomic E-state index is 14.2. The lowest BCUT2D eigenvalue weighted by Crippen LogP contribution is -2.45. The van der Waals surface area contributed by atoms with E-state index in [4.69, 9.17) is 11.6 Å². The van der Waals surface area contributed by atoms with Crippen molar-refractivity contribution in [1.29, 1.82) is 0 Å². The third-order valence-corrected chi connectivity index (χ3v) is 5.02. The van der Waals surface area contributed by atoms with E-state index < -0.39 is 0 Å². The summed E-state index contributed by atoms with van der Waals surface area (Å²) in [7, 11) is 0. The third kappa shape index (κ3) is 3.18. The molecule has 0 spiro atoms. The number of imidazole rings is 1.